The number of fused-ring (bicyclic) bond motifs is 1. The molecule has 0 aliphatic carbocycles. The van der Waals surface area contributed by atoms with E-state index in [9.17, 15) is 4.79 Å². The Morgan fingerprint density at radius 1 is 1.21 bits per heavy atom. The van der Waals surface area contributed by atoms with E-state index in [-0.39, 0.29) is 18.6 Å². The minimum atomic E-state index is -0.0129. The number of ether oxygens (including phenoxy) is 2. The van der Waals surface area contributed by atoms with Crippen molar-refractivity contribution in [1.82, 2.24) is 15.0 Å². The van der Waals surface area contributed by atoms with Gasteiger partial charge in [0.15, 0.2) is 11.5 Å². The van der Waals surface area contributed by atoms with Gasteiger partial charge in [-0.2, -0.15) is 4.98 Å². The molecule has 29 heavy (non-hydrogen) atoms. The number of nitrogens with zero attached hydrogens (tertiary/aromatic N) is 3. The van der Waals surface area contributed by atoms with Gasteiger partial charge in [-0.1, -0.05) is 11.2 Å². The zero-order chi connectivity index (χ0) is 19.6. The van der Waals surface area contributed by atoms with Crippen LogP contribution in [-0.2, 0) is 11.3 Å². The molecule has 3 aromatic rings. The summed E-state index contributed by atoms with van der Waals surface area (Å²) in [4.78, 5) is 20.3. The molecule has 1 fully saturated rings. The van der Waals surface area contributed by atoms with Crippen molar-refractivity contribution in [3.63, 3.8) is 0 Å². The molecule has 1 aromatic carbocycles. The lowest BCUT2D eigenvalue weighted by atomic mass is 9.96. The molecule has 150 valence electrons. The van der Waals surface area contributed by atoms with Crippen molar-refractivity contribution in [3.05, 3.63) is 41.6 Å². The van der Waals surface area contributed by atoms with E-state index >= 15 is 0 Å². The topological polar surface area (TPSA) is 89.7 Å². The summed E-state index contributed by atoms with van der Waals surface area (Å²) in [6, 6.07) is 9.39. The molecule has 0 unspecified atom stereocenters. The zero-order valence-electron chi connectivity index (χ0n) is 15.7. The zero-order valence-corrected chi connectivity index (χ0v) is 16.5. The van der Waals surface area contributed by atoms with E-state index in [2.05, 4.69) is 20.4 Å². The number of nitrogens with one attached hydrogen (secondary N) is 1. The van der Waals surface area contributed by atoms with Gasteiger partial charge in [0, 0.05) is 17.7 Å². The Bertz CT molecular complexity index is 996. The lowest BCUT2D eigenvalue weighted by molar-refractivity contribution is -0.121. The molecule has 4 heterocycles. The molecule has 0 saturated carbocycles. The van der Waals surface area contributed by atoms with Crippen LogP contribution in [0, 0.1) is 5.92 Å². The maximum Gasteiger partial charge on any atom is 0.241 e. The number of hydrogen-bond donors (Lipinski definition) is 1. The molecule has 1 saturated heterocycles. The van der Waals surface area contributed by atoms with E-state index in [1.54, 1.807) is 17.4 Å². The Kier molecular flexibility index (Phi) is 4.91. The molecule has 9 heteroatoms. The third-order valence-electron chi connectivity index (χ3n) is 5.17. The van der Waals surface area contributed by atoms with Gasteiger partial charge in [-0.25, -0.2) is 0 Å². The van der Waals surface area contributed by atoms with Crippen molar-refractivity contribution in [2.45, 2.75) is 19.4 Å². The van der Waals surface area contributed by atoms with E-state index in [0.29, 0.717) is 29.8 Å². The van der Waals surface area contributed by atoms with Crippen LogP contribution in [0.2, 0.25) is 0 Å². The van der Waals surface area contributed by atoms with E-state index in [4.69, 9.17) is 14.0 Å². The molecule has 0 bridgehead atoms. The summed E-state index contributed by atoms with van der Waals surface area (Å²) >= 11 is 1.59. The average molecular weight is 412 g/mol. The van der Waals surface area contributed by atoms with Gasteiger partial charge in [0.2, 0.25) is 24.4 Å². The van der Waals surface area contributed by atoms with E-state index in [1.807, 2.05) is 29.6 Å². The van der Waals surface area contributed by atoms with Crippen molar-refractivity contribution < 1.29 is 18.8 Å². The van der Waals surface area contributed by atoms with Crippen LogP contribution in [0.3, 0.4) is 0 Å². The Balaban J connectivity index is 1.13. The fraction of sp³-hybridized carbons (Fsp3) is 0.350. The van der Waals surface area contributed by atoms with Crippen LogP contribution >= 0.6 is 11.3 Å². The van der Waals surface area contributed by atoms with Crippen LogP contribution in [0.25, 0.3) is 10.7 Å². The first kappa shape index (κ1) is 18.1. The van der Waals surface area contributed by atoms with Gasteiger partial charge >= 0.3 is 0 Å². The number of amides is 1. The van der Waals surface area contributed by atoms with Crippen molar-refractivity contribution in [1.29, 1.82) is 0 Å². The van der Waals surface area contributed by atoms with Crippen LogP contribution in [0.1, 0.15) is 18.7 Å². The monoisotopic (exact) mass is 412 g/mol. The van der Waals surface area contributed by atoms with Crippen LogP contribution in [0.4, 0.5) is 5.69 Å². The summed E-state index contributed by atoms with van der Waals surface area (Å²) in [5, 5.41) is 9.04. The number of hydrogen-bond acceptors (Lipinski definition) is 8. The predicted molar refractivity (Wildman–Crippen MR) is 107 cm³/mol. The molecular weight excluding hydrogens is 392 g/mol. The van der Waals surface area contributed by atoms with Crippen molar-refractivity contribution in [2.24, 2.45) is 5.92 Å². The van der Waals surface area contributed by atoms with Crippen LogP contribution in [-0.4, -0.2) is 40.8 Å². The molecule has 2 aliphatic heterocycles. The molecule has 5 rings (SSSR count). The SMILES string of the molecule is O=C(Nc1ccc2c(c1)OCO2)C1CCN(Cc2nc(-c3cccs3)no2)CC1. The molecule has 0 spiro atoms. The Labute approximate surface area is 171 Å². The summed E-state index contributed by atoms with van der Waals surface area (Å²) < 4.78 is 16.0. The second-order valence-corrected chi connectivity index (χ2v) is 8.04. The van der Waals surface area contributed by atoms with Crippen molar-refractivity contribution in [2.75, 3.05) is 25.2 Å². The number of piperidine rings is 1. The number of benzene rings is 1. The predicted octanol–water partition coefficient (Wildman–Crippen LogP) is 3.38. The number of carbonyl (C=O) groups excluding carboxylic acids is 1. The van der Waals surface area contributed by atoms with Gasteiger partial charge in [-0.3, -0.25) is 9.69 Å². The summed E-state index contributed by atoms with van der Waals surface area (Å²) in [5.74, 6) is 2.64. The van der Waals surface area contributed by atoms with Crippen LogP contribution < -0.4 is 14.8 Å². The minimum Gasteiger partial charge on any atom is -0.454 e. The van der Waals surface area contributed by atoms with E-state index in [1.165, 1.54) is 0 Å². The highest BCUT2D eigenvalue weighted by Crippen LogP contribution is 2.34. The molecule has 2 aromatic heterocycles. The fourth-order valence-corrected chi connectivity index (χ4v) is 4.24. The first-order valence-corrected chi connectivity index (χ1v) is 10.4. The number of rotatable bonds is 5. The largest absolute Gasteiger partial charge is 0.454 e. The number of carbonyl (C=O) groups is 1. The van der Waals surface area contributed by atoms with Crippen LogP contribution in [0.15, 0.2) is 40.2 Å². The first-order chi connectivity index (χ1) is 14.2. The van der Waals surface area contributed by atoms with Gasteiger partial charge in [0.1, 0.15) is 0 Å². The highest BCUT2D eigenvalue weighted by molar-refractivity contribution is 7.13. The van der Waals surface area contributed by atoms with Gasteiger partial charge in [0.25, 0.3) is 0 Å². The lowest BCUT2D eigenvalue weighted by Crippen LogP contribution is -2.37. The maximum atomic E-state index is 12.6. The quantitative estimate of drug-likeness (QED) is 0.687. The van der Waals surface area contributed by atoms with Crippen LogP contribution in [0.5, 0.6) is 11.5 Å². The van der Waals surface area contributed by atoms with Gasteiger partial charge in [0.05, 0.1) is 11.4 Å². The maximum absolute atomic E-state index is 12.6. The second-order valence-electron chi connectivity index (χ2n) is 7.10. The Morgan fingerprint density at radius 2 is 2.07 bits per heavy atom. The third-order valence-corrected chi connectivity index (χ3v) is 6.03. The van der Waals surface area contributed by atoms with E-state index < -0.39 is 0 Å². The number of aromatic nitrogens is 2. The molecule has 1 N–H and O–H groups in total. The third kappa shape index (κ3) is 3.96. The average Bonchev–Trinajstić information content (AvgIpc) is 3.49. The number of thiophene rings is 1. The van der Waals surface area contributed by atoms with Gasteiger partial charge in [-0.05, 0) is 49.5 Å². The molecule has 8 nitrogen and oxygen atoms in total. The molecular formula is C20H20N4O4S. The van der Waals surface area contributed by atoms with E-state index in [0.717, 1.165) is 36.5 Å². The molecule has 1 amide bonds. The summed E-state index contributed by atoms with van der Waals surface area (Å²) in [6.07, 6.45) is 1.59. The minimum absolute atomic E-state index is 0.0129. The molecule has 0 radical (unpaired) electrons. The molecule has 0 atom stereocenters. The first-order valence-electron chi connectivity index (χ1n) is 9.54. The molecule has 2 aliphatic rings. The summed E-state index contributed by atoms with van der Waals surface area (Å²) in [6.45, 7) is 2.46. The second kappa shape index (κ2) is 7.84. The highest BCUT2D eigenvalue weighted by atomic mass is 32.1. The Hall–Kier alpha value is -2.91. The van der Waals surface area contributed by atoms with Gasteiger partial charge in [-0.15, -0.1) is 11.3 Å². The smallest absolute Gasteiger partial charge is 0.241 e. The van der Waals surface area contributed by atoms with Crippen molar-refractivity contribution >= 4 is 22.9 Å². The van der Waals surface area contributed by atoms with Crippen molar-refractivity contribution in [3.8, 4) is 22.2 Å². The Morgan fingerprint density at radius 3 is 2.90 bits per heavy atom. The highest BCUT2D eigenvalue weighted by Gasteiger charge is 2.26. The van der Waals surface area contributed by atoms with Gasteiger partial charge < -0.3 is 19.3 Å². The fourth-order valence-electron chi connectivity index (χ4n) is 3.59. The standard InChI is InChI=1S/C20H20N4O4S/c25-20(21-14-3-4-15-16(10-14)27-12-26-15)13-5-7-24(8-6-13)11-18-22-19(23-28-18)17-2-1-9-29-17/h1-4,9-10,13H,5-8,11-12H2,(H,21,25). The number of likely N-dealkylation sites (tertiary alicyclic amines) is 1. The summed E-state index contributed by atoms with van der Waals surface area (Å²) in [5.41, 5.74) is 0.730. The lowest BCUT2D eigenvalue weighted by Gasteiger charge is -2.30. The number of anilines is 1. The summed E-state index contributed by atoms with van der Waals surface area (Å²) in [7, 11) is 0. The normalized spacial score (nSPS) is 16.8.